The first-order chi connectivity index (χ1) is 9.60. The Balaban J connectivity index is 0.000000612. The second-order valence-electron chi connectivity index (χ2n) is 4.99. The Bertz CT molecular complexity index is 459. The highest BCUT2D eigenvalue weighted by Crippen LogP contribution is 2.15. The van der Waals surface area contributed by atoms with E-state index in [9.17, 15) is 0 Å². The van der Waals surface area contributed by atoms with Crippen molar-refractivity contribution in [1.82, 2.24) is 9.47 Å². The average molecular weight is 279 g/mol. The summed E-state index contributed by atoms with van der Waals surface area (Å²) in [5.74, 6) is 0.666. The number of nitrogens with zero attached hydrogens (tertiary/aromatic N) is 3. The first-order valence-electron chi connectivity index (χ1n) is 6.50. The lowest BCUT2D eigenvalue weighted by Crippen LogP contribution is -2.25. The summed E-state index contributed by atoms with van der Waals surface area (Å²) in [5, 5.41) is 15.8. The maximum Gasteiger partial charge on any atom is 0.290 e. The number of rotatable bonds is 4. The normalized spacial score (nSPS) is 17.4. The largest absolute Gasteiger partial charge is 0.483 e. The fraction of sp³-hybridized carbons (Fsp3) is 0.571. The van der Waals surface area contributed by atoms with Crippen LogP contribution in [0.25, 0.3) is 0 Å². The molecule has 0 aromatic carbocycles. The van der Waals surface area contributed by atoms with Gasteiger partial charge in [-0.15, -0.1) is 0 Å². The highest BCUT2D eigenvalue weighted by molar-refractivity contribution is 5.32. The van der Waals surface area contributed by atoms with Gasteiger partial charge in [-0.3, -0.25) is 4.79 Å². The van der Waals surface area contributed by atoms with Crippen molar-refractivity contribution < 1.29 is 14.6 Å². The summed E-state index contributed by atoms with van der Waals surface area (Å²) >= 11 is 0. The Morgan fingerprint density at radius 1 is 1.70 bits per heavy atom. The third-order valence-electron chi connectivity index (χ3n) is 3.22. The van der Waals surface area contributed by atoms with E-state index in [1.54, 1.807) is 0 Å². The molecule has 0 bridgehead atoms. The summed E-state index contributed by atoms with van der Waals surface area (Å²) in [7, 11) is 4.03. The maximum absolute atomic E-state index is 8.89. The van der Waals surface area contributed by atoms with E-state index in [4.69, 9.17) is 19.9 Å². The lowest BCUT2D eigenvalue weighted by Gasteiger charge is -2.19. The van der Waals surface area contributed by atoms with Gasteiger partial charge < -0.3 is 19.3 Å². The molecule has 2 heterocycles. The zero-order valence-electron chi connectivity index (χ0n) is 12.0. The van der Waals surface area contributed by atoms with Gasteiger partial charge in [0.15, 0.2) is 0 Å². The van der Waals surface area contributed by atoms with Gasteiger partial charge in [0, 0.05) is 32.9 Å². The monoisotopic (exact) mass is 279 g/mol. The molecular formula is C14H21N3O3. The standard InChI is InChI=1S/C13H19N3O.CH2O2/c1-15(7-11-3-4-17-10-11)8-12-5-13(6-14)16(2)9-12;2-1-3/h5,9,11H,3-4,7-8,10H2,1-2H3;1H,(H,2,3). The van der Waals surface area contributed by atoms with Gasteiger partial charge in [0.1, 0.15) is 11.8 Å². The molecule has 1 saturated heterocycles. The topological polar surface area (TPSA) is 78.5 Å². The number of aromatic nitrogens is 1. The molecule has 6 heteroatoms. The Morgan fingerprint density at radius 2 is 2.40 bits per heavy atom. The lowest BCUT2D eigenvalue weighted by molar-refractivity contribution is -0.122. The van der Waals surface area contributed by atoms with Crippen molar-refractivity contribution in [2.75, 3.05) is 26.8 Å². The van der Waals surface area contributed by atoms with Crippen LogP contribution in [0.3, 0.4) is 0 Å². The van der Waals surface area contributed by atoms with Crippen LogP contribution in [0, 0.1) is 17.2 Å². The van der Waals surface area contributed by atoms with Crippen molar-refractivity contribution in [2.24, 2.45) is 13.0 Å². The molecule has 110 valence electrons. The minimum atomic E-state index is -0.250. The van der Waals surface area contributed by atoms with Crippen LogP contribution in [0.15, 0.2) is 12.3 Å². The molecule has 1 aromatic rings. The molecule has 0 radical (unpaired) electrons. The average Bonchev–Trinajstić information content (AvgIpc) is 3.00. The lowest BCUT2D eigenvalue weighted by atomic mass is 10.1. The first kappa shape index (κ1) is 16.2. The third kappa shape index (κ3) is 5.03. The summed E-state index contributed by atoms with van der Waals surface area (Å²) in [5.41, 5.74) is 1.92. The summed E-state index contributed by atoms with van der Waals surface area (Å²) < 4.78 is 7.25. The van der Waals surface area contributed by atoms with Crippen molar-refractivity contribution in [2.45, 2.75) is 13.0 Å². The van der Waals surface area contributed by atoms with E-state index >= 15 is 0 Å². The quantitative estimate of drug-likeness (QED) is 0.834. The van der Waals surface area contributed by atoms with Gasteiger partial charge in [-0.05, 0) is 31.0 Å². The van der Waals surface area contributed by atoms with Gasteiger partial charge >= 0.3 is 0 Å². The first-order valence-corrected chi connectivity index (χ1v) is 6.50. The van der Waals surface area contributed by atoms with Gasteiger partial charge in [0.25, 0.3) is 6.47 Å². The van der Waals surface area contributed by atoms with E-state index in [1.165, 1.54) is 12.0 Å². The van der Waals surface area contributed by atoms with Gasteiger partial charge in [0.2, 0.25) is 0 Å². The molecule has 20 heavy (non-hydrogen) atoms. The molecule has 0 saturated carbocycles. The molecule has 1 aliphatic heterocycles. The van der Waals surface area contributed by atoms with E-state index < -0.39 is 0 Å². The fourth-order valence-corrected chi connectivity index (χ4v) is 2.37. The fourth-order valence-electron chi connectivity index (χ4n) is 2.37. The van der Waals surface area contributed by atoms with Crippen LogP contribution in [-0.4, -0.2) is 47.9 Å². The molecule has 1 atom stereocenters. The Morgan fingerprint density at radius 3 is 2.90 bits per heavy atom. The number of hydrogen-bond donors (Lipinski definition) is 1. The van der Waals surface area contributed by atoms with Crippen molar-refractivity contribution in [1.29, 1.82) is 5.26 Å². The Labute approximate surface area is 119 Å². The van der Waals surface area contributed by atoms with Crippen LogP contribution < -0.4 is 0 Å². The predicted molar refractivity (Wildman–Crippen MR) is 74.1 cm³/mol. The van der Waals surface area contributed by atoms with Gasteiger partial charge in [0.05, 0.1) is 6.61 Å². The molecule has 0 amide bonds. The second kappa shape index (κ2) is 8.35. The minimum Gasteiger partial charge on any atom is -0.483 e. The van der Waals surface area contributed by atoms with Crippen LogP contribution in [0.2, 0.25) is 0 Å². The van der Waals surface area contributed by atoms with E-state index in [0.29, 0.717) is 5.92 Å². The molecular weight excluding hydrogens is 258 g/mol. The van der Waals surface area contributed by atoms with Crippen molar-refractivity contribution in [3.8, 4) is 6.07 Å². The summed E-state index contributed by atoms with van der Waals surface area (Å²) in [4.78, 5) is 10.7. The van der Waals surface area contributed by atoms with Gasteiger partial charge in [-0.25, -0.2) is 0 Å². The van der Waals surface area contributed by atoms with Crippen molar-refractivity contribution in [3.63, 3.8) is 0 Å². The number of hydrogen-bond acceptors (Lipinski definition) is 4. The van der Waals surface area contributed by atoms with Crippen LogP contribution >= 0.6 is 0 Å². The number of nitriles is 1. The SMILES string of the molecule is CN(Cc1cc(C#N)n(C)c1)CC1CCOC1.O=CO. The molecule has 1 aliphatic rings. The van der Waals surface area contributed by atoms with Crippen LogP contribution in [0.4, 0.5) is 0 Å². The van der Waals surface area contributed by atoms with Gasteiger partial charge in [-0.2, -0.15) is 5.26 Å². The second-order valence-corrected chi connectivity index (χ2v) is 4.99. The predicted octanol–water partition coefficient (Wildman–Crippen LogP) is 1.07. The zero-order valence-corrected chi connectivity index (χ0v) is 12.0. The molecule has 1 unspecified atom stereocenters. The summed E-state index contributed by atoms with van der Waals surface area (Å²) in [6.07, 6.45) is 3.20. The third-order valence-corrected chi connectivity index (χ3v) is 3.22. The number of aryl methyl sites for hydroxylation is 1. The number of carbonyl (C=O) groups is 1. The Kier molecular flexibility index (Phi) is 6.77. The highest BCUT2D eigenvalue weighted by Gasteiger charge is 2.17. The maximum atomic E-state index is 8.89. The Hall–Kier alpha value is -1.84. The minimum absolute atomic E-state index is 0.250. The summed E-state index contributed by atoms with van der Waals surface area (Å²) in [6.45, 7) is 3.51. The molecule has 6 nitrogen and oxygen atoms in total. The molecule has 2 rings (SSSR count). The van der Waals surface area contributed by atoms with E-state index in [0.717, 1.165) is 32.0 Å². The smallest absolute Gasteiger partial charge is 0.290 e. The van der Waals surface area contributed by atoms with E-state index in [-0.39, 0.29) is 6.47 Å². The summed E-state index contributed by atoms with van der Waals surface area (Å²) in [6, 6.07) is 4.15. The van der Waals surface area contributed by atoms with Crippen molar-refractivity contribution >= 4 is 6.47 Å². The van der Waals surface area contributed by atoms with E-state index in [1.807, 2.05) is 23.9 Å². The highest BCUT2D eigenvalue weighted by atomic mass is 16.5. The molecule has 1 fully saturated rings. The molecule has 1 aromatic heterocycles. The zero-order chi connectivity index (χ0) is 15.0. The van der Waals surface area contributed by atoms with Crippen LogP contribution in [0.5, 0.6) is 0 Å². The van der Waals surface area contributed by atoms with Crippen LogP contribution in [0.1, 0.15) is 17.7 Å². The number of carboxylic acid groups (broad SMARTS) is 1. The molecule has 1 N–H and O–H groups in total. The van der Waals surface area contributed by atoms with Crippen LogP contribution in [-0.2, 0) is 23.1 Å². The van der Waals surface area contributed by atoms with Crippen molar-refractivity contribution in [3.05, 3.63) is 23.5 Å². The van der Waals surface area contributed by atoms with E-state index in [2.05, 4.69) is 18.0 Å². The van der Waals surface area contributed by atoms with Gasteiger partial charge in [-0.1, -0.05) is 0 Å². The molecule has 0 aliphatic carbocycles. The molecule has 0 spiro atoms. The number of ether oxygens (including phenoxy) is 1.